The third-order valence-electron chi connectivity index (χ3n) is 2.59. The number of esters is 1. The van der Waals surface area contributed by atoms with E-state index in [-0.39, 0.29) is 5.75 Å². The minimum atomic E-state index is -0.625. The van der Waals surface area contributed by atoms with Crippen molar-refractivity contribution in [2.24, 2.45) is 0 Å². The Hall–Kier alpha value is -2.37. The van der Waals surface area contributed by atoms with Crippen molar-refractivity contribution in [2.45, 2.75) is 4.90 Å². The molecule has 0 saturated carbocycles. The van der Waals surface area contributed by atoms with E-state index >= 15 is 0 Å². The molecule has 1 aromatic carbocycles. The van der Waals surface area contributed by atoms with Gasteiger partial charge in [0.2, 0.25) is 0 Å². The van der Waals surface area contributed by atoms with Crippen LogP contribution in [0.25, 0.3) is 0 Å². The molecule has 5 nitrogen and oxygen atoms in total. The molecule has 0 spiro atoms. The van der Waals surface area contributed by atoms with Crippen LogP contribution in [-0.2, 0) is 14.3 Å². The van der Waals surface area contributed by atoms with E-state index in [4.69, 9.17) is 10.00 Å². The number of halogens is 1. The highest BCUT2D eigenvalue weighted by Crippen LogP contribution is 2.22. The first-order chi connectivity index (χ1) is 11.1. The molecule has 1 aromatic heterocycles. The molecule has 0 aliphatic heterocycles. The number of hydrogen-bond acceptors (Lipinski definition) is 6. The second kappa shape index (κ2) is 8.31. The minimum Gasteiger partial charge on any atom is -0.455 e. The van der Waals surface area contributed by atoms with E-state index in [9.17, 15) is 14.0 Å². The second-order valence-corrected chi connectivity index (χ2v) is 6.14. The Balaban J connectivity index is 1.75. The fourth-order valence-corrected chi connectivity index (χ4v) is 3.03. The van der Waals surface area contributed by atoms with Crippen LogP contribution in [0.15, 0.2) is 40.6 Å². The number of carbonyl (C=O) groups excluding carboxylic acids is 2. The lowest BCUT2D eigenvalue weighted by Crippen LogP contribution is -2.21. The molecule has 0 saturated heterocycles. The Morgan fingerprint density at radius 1 is 1.35 bits per heavy atom. The number of nitrogens with zero attached hydrogens (tertiary/aromatic N) is 1. The van der Waals surface area contributed by atoms with Crippen molar-refractivity contribution in [3.63, 3.8) is 0 Å². The van der Waals surface area contributed by atoms with Crippen LogP contribution in [0.3, 0.4) is 0 Å². The summed E-state index contributed by atoms with van der Waals surface area (Å²) in [4.78, 5) is 23.6. The molecular weight excluding hydrogens is 339 g/mol. The fraction of sp³-hybridized carbons (Fsp3) is 0.133. The van der Waals surface area contributed by atoms with Crippen molar-refractivity contribution in [3.8, 4) is 6.07 Å². The van der Waals surface area contributed by atoms with Gasteiger partial charge in [-0.05, 0) is 23.6 Å². The zero-order valence-corrected chi connectivity index (χ0v) is 13.4. The van der Waals surface area contributed by atoms with Crippen LogP contribution >= 0.6 is 23.1 Å². The molecule has 0 unspecified atom stereocenters. The number of carbonyl (C=O) groups is 2. The smallest absolute Gasteiger partial charge is 0.316 e. The zero-order valence-electron chi connectivity index (χ0n) is 11.7. The van der Waals surface area contributed by atoms with Crippen molar-refractivity contribution in [1.29, 1.82) is 5.26 Å². The molecule has 118 valence electrons. The monoisotopic (exact) mass is 350 g/mol. The number of amides is 1. The van der Waals surface area contributed by atoms with E-state index in [1.54, 1.807) is 29.6 Å². The number of nitriles is 1. The molecule has 0 atom stereocenters. The van der Waals surface area contributed by atoms with Gasteiger partial charge in [-0.2, -0.15) is 5.26 Å². The number of anilines is 1. The molecule has 2 aromatic rings. The Morgan fingerprint density at radius 2 is 2.13 bits per heavy atom. The molecule has 0 aliphatic carbocycles. The van der Waals surface area contributed by atoms with Gasteiger partial charge in [-0.25, -0.2) is 4.39 Å². The Labute approximate surface area is 140 Å². The van der Waals surface area contributed by atoms with E-state index in [0.717, 1.165) is 11.8 Å². The topological polar surface area (TPSA) is 79.2 Å². The van der Waals surface area contributed by atoms with Crippen LogP contribution in [0.5, 0.6) is 0 Å². The highest BCUT2D eigenvalue weighted by Gasteiger charge is 2.12. The van der Waals surface area contributed by atoms with Crippen LogP contribution in [0, 0.1) is 17.1 Å². The number of thioether (sulfide) groups is 1. The van der Waals surface area contributed by atoms with Gasteiger partial charge in [-0.1, -0.05) is 12.1 Å². The molecule has 23 heavy (non-hydrogen) atoms. The molecule has 0 radical (unpaired) electrons. The lowest BCUT2D eigenvalue weighted by Gasteiger charge is -2.06. The summed E-state index contributed by atoms with van der Waals surface area (Å²) in [6, 6.07) is 9.60. The lowest BCUT2D eigenvalue weighted by atomic mass is 10.3. The third kappa shape index (κ3) is 5.09. The van der Waals surface area contributed by atoms with Crippen molar-refractivity contribution in [1.82, 2.24) is 0 Å². The van der Waals surface area contributed by atoms with E-state index in [1.807, 2.05) is 6.07 Å². The van der Waals surface area contributed by atoms with Gasteiger partial charge in [0.25, 0.3) is 5.91 Å². The van der Waals surface area contributed by atoms with E-state index in [2.05, 4.69) is 5.32 Å². The number of hydrogen-bond donors (Lipinski definition) is 1. The molecular formula is C15H11FN2O3S2. The van der Waals surface area contributed by atoms with Gasteiger partial charge < -0.3 is 10.1 Å². The van der Waals surface area contributed by atoms with Crippen molar-refractivity contribution in [2.75, 3.05) is 17.7 Å². The summed E-state index contributed by atoms with van der Waals surface area (Å²) in [5.41, 5.74) is 0.352. The molecule has 0 aliphatic rings. The average Bonchev–Trinajstić information content (AvgIpc) is 2.99. The third-order valence-corrected chi connectivity index (χ3v) is 4.44. The molecule has 1 amide bonds. The Morgan fingerprint density at radius 3 is 2.87 bits per heavy atom. The first-order valence-corrected chi connectivity index (χ1v) is 8.27. The molecule has 2 rings (SSSR count). The minimum absolute atomic E-state index is 0.101. The van der Waals surface area contributed by atoms with Gasteiger partial charge in [-0.15, -0.1) is 23.1 Å². The average molecular weight is 350 g/mol. The van der Waals surface area contributed by atoms with Gasteiger partial charge in [0.05, 0.1) is 11.3 Å². The predicted octanol–water partition coefficient (Wildman–Crippen LogP) is 3.03. The summed E-state index contributed by atoms with van der Waals surface area (Å²) < 4.78 is 18.2. The number of benzene rings is 1. The van der Waals surface area contributed by atoms with Crippen LogP contribution < -0.4 is 5.32 Å². The Bertz CT molecular complexity index is 755. The number of nitrogens with one attached hydrogen (secondary N) is 1. The maximum atomic E-state index is 13.4. The maximum Gasteiger partial charge on any atom is 0.316 e. The molecule has 1 N–H and O–H groups in total. The predicted molar refractivity (Wildman–Crippen MR) is 85.7 cm³/mol. The van der Waals surface area contributed by atoms with Crippen LogP contribution in [0.1, 0.15) is 5.56 Å². The highest BCUT2D eigenvalue weighted by atomic mass is 32.2. The van der Waals surface area contributed by atoms with E-state index in [0.29, 0.717) is 15.5 Å². The first-order valence-electron chi connectivity index (χ1n) is 6.40. The maximum absolute atomic E-state index is 13.4. The summed E-state index contributed by atoms with van der Waals surface area (Å²) in [6.45, 7) is -0.459. The fourth-order valence-electron chi connectivity index (χ4n) is 1.54. The summed E-state index contributed by atoms with van der Waals surface area (Å²) in [6.07, 6.45) is 0. The Kier molecular flexibility index (Phi) is 6.14. The summed E-state index contributed by atoms with van der Waals surface area (Å²) in [5.74, 6) is -1.67. The zero-order chi connectivity index (χ0) is 16.7. The first kappa shape index (κ1) is 17.0. The van der Waals surface area contributed by atoms with Crippen molar-refractivity contribution < 1.29 is 18.7 Å². The summed E-state index contributed by atoms with van der Waals surface area (Å²) in [7, 11) is 0. The van der Waals surface area contributed by atoms with Gasteiger partial charge in [0, 0.05) is 4.90 Å². The van der Waals surface area contributed by atoms with Gasteiger partial charge in [-0.3, -0.25) is 9.59 Å². The summed E-state index contributed by atoms with van der Waals surface area (Å²) in [5, 5.41) is 13.4. The molecule has 0 bridgehead atoms. The van der Waals surface area contributed by atoms with Gasteiger partial charge in [0.15, 0.2) is 6.61 Å². The largest absolute Gasteiger partial charge is 0.455 e. The van der Waals surface area contributed by atoms with Crippen molar-refractivity contribution in [3.05, 3.63) is 47.1 Å². The summed E-state index contributed by atoms with van der Waals surface area (Å²) >= 11 is 2.20. The normalized spacial score (nSPS) is 9.91. The lowest BCUT2D eigenvalue weighted by molar-refractivity contribution is -0.144. The number of ether oxygens (including phenoxy) is 1. The molecule has 1 heterocycles. The van der Waals surface area contributed by atoms with Crippen LogP contribution in [0.2, 0.25) is 0 Å². The number of rotatable bonds is 6. The highest BCUT2D eigenvalue weighted by molar-refractivity contribution is 8.00. The standard InChI is InChI=1S/C15H11FN2O3S2/c16-11-3-1-2-4-12(11)23-9-14(20)21-8-13(19)18-15-10(7-17)5-6-22-15/h1-6H,8-9H2,(H,18,19). The number of thiophene rings is 1. The van der Waals surface area contributed by atoms with E-state index < -0.39 is 24.3 Å². The van der Waals surface area contributed by atoms with E-state index in [1.165, 1.54) is 17.4 Å². The van der Waals surface area contributed by atoms with Gasteiger partial charge in [0.1, 0.15) is 16.9 Å². The second-order valence-electron chi connectivity index (χ2n) is 4.20. The van der Waals surface area contributed by atoms with Gasteiger partial charge >= 0.3 is 5.97 Å². The quantitative estimate of drug-likeness (QED) is 0.640. The van der Waals surface area contributed by atoms with Crippen molar-refractivity contribution >= 4 is 40.0 Å². The molecule has 8 heteroatoms. The SMILES string of the molecule is N#Cc1ccsc1NC(=O)COC(=O)CSc1ccccc1F. The van der Waals surface area contributed by atoms with Crippen LogP contribution in [-0.4, -0.2) is 24.2 Å². The van der Waals surface area contributed by atoms with Crippen LogP contribution in [0.4, 0.5) is 9.39 Å². The molecule has 0 fully saturated rings.